The first-order valence-electron chi connectivity index (χ1n) is 8.66. The molecule has 28 heavy (non-hydrogen) atoms. The second-order valence-electron chi connectivity index (χ2n) is 6.03. The third-order valence-corrected chi connectivity index (χ3v) is 5.70. The number of amides is 1. The molecule has 1 amide bonds. The van der Waals surface area contributed by atoms with E-state index >= 15 is 0 Å². The fraction of sp³-hybridized carbons (Fsp3) is 0.238. The average molecular weight is 416 g/mol. The van der Waals surface area contributed by atoms with E-state index in [9.17, 15) is 4.79 Å². The lowest BCUT2D eigenvalue weighted by Crippen LogP contribution is -2.30. The minimum atomic E-state index is -0.0836. The van der Waals surface area contributed by atoms with Gasteiger partial charge in [0.2, 0.25) is 5.75 Å². The van der Waals surface area contributed by atoms with Crippen molar-refractivity contribution in [3.05, 3.63) is 58.5 Å². The van der Waals surface area contributed by atoms with Gasteiger partial charge in [-0.3, -0.25) is 9.69 Å². The van der Waals surface area contributed by atoms with E-state index in [1.165, 1.54) is 17.3 Å². The molecule has 2 aromatic carbocycles. The number of hydrogen-bond acceptors (Lipinski definition) is 6. The molecule has 1 fully saturated rings. The molecule has 7 heteroatoms. The van der Waals surface area contributed by atoms with Crippen LogP contribution < -0.4 is 14.2 Å². The number of rotatable bonds is 7. The minimum Gasteiger partial charge on any atom is -0.493 e. The fourth-order valence-corrected chi connectivity index (χ4v) is 4.22. The molecule has 0 saturated carbocycles. The van der Waals surface area contributed by atoms with Gasteiger partial charge in [0.05, 0.1) is 26.2 Å². The summed E-state index contributed by atoms with van der Waals surface area (Å²) in [4.78, 5) is 15.1. The minimum absolute atomic E-state index is 0.0836. The Morgan fingerprint density at radius 2 is 1.68 bits per heavy atom. The van der Waals surface area contributed by atoms with Gasteiger partial charge < -0.3 is 14.2 Å². The van der Waals surface area contributed by atoms with Gasteiger partial charge >= 0.3 is 0 Å². The second kappa shape index (κ2) is 9.12. The van der Waals surface area contributed by atoms with Gasteiger partial charge in [-0.25, -0.2) is 0 Å². The van der Waals surface area contributed by atoms with Gasteiger partial charge in [0, 0.05) is 6.54 Å². The Hall–Kier alpha value is -2.51. The highest BCUT2D eigenvalue weighted by Crippen LogP contribution is 2.40. The smallest absolute Gasteiger partial charge is 0.266 e. The molecule has 0 radical (unpaired) electrons. The van der Waals surface area contributed by atoms with Crippen molar-refractivity contribution in [3.8, 4) is 17.2 Å². The van der Waals surface area contributed by atoms with E-state index in [0.29, 0.717) is 33.0 Å². The maximum Gasteiger partial charge on any atom is 0.266 e. The molecule has 0 atom stereocenters. The first-order chi connectivity index (χ1) is 13.6. The number of methoxy groups -OCH3 is 3. The lowest BCUT2D eigenvalue weighted by Gasteiger charge is -2.14. The number of nitrogens with zero attached hydrogens (tertiary/aromatic N) is 1. The average Bonchev–Trinajstić information content (AvgIpc) is 2.98. The van der Waals surface area contributed by atoms with Crippen molar-refractivity contribution in [2.45, 2.75) is 6.42 Å². The molecule has 0 unspecified atom stereocenters. The van der Waals surface area contributed by atoms with Crippen LogP contribution in [-0.4, -0.2) is 43.0 Å². The molecule has 5 nitrogen and oxygen atoms in total. The summed E-state index contributed by atoms with van der Waals surface area (Å²) in [7, 11) is 4.67. The second-order valence-corrected chi connectivity index (χ2v) is 7.70. The zero-order chi connectivity index (χ0) is 20.1. The Labute approximate surface area is 174 Å². The molecular weight excluding hydrogens is 394 g/mol. The van der Waals surface area contributed by atoms with Gasteiger partial charge in [0.1, 0.15) is 4.32 Å². The van der Waals surface area contributed by atoms with E-state index in [1.807, 2.05) is 30.3 Å². The Balaban J connectivity index is 1.81. The van der Waals surface area contributed by atoms with Crippen molar-refractivity contribution in [1.29, 1.82) is 0 Å². The zero-order valence-corrected chi connectivity index (χ0v) is 17.6. The van der Waals surface area contributed by atoms with Crippen LogP contribution in [0.3, 0.4) is 0 Å². The fourth-order valence-electron chi connectivity index (χ4n) is 2.91. The largest absolute Gasteiger partial charge is 0.493 e. The summed E-state index contributed by atoms with van der Waals surface area (Å²) >= 11 is 6.73. The third-order valence-electron chi connectivity index (χ3n) is 4.33. The highest BCUT2D eigenvalue weighted by molar-refractivity contribution is 8.26. The lowest BCUT2D eigenvalue weighted by molar-refractivity contribution is -0.122. The van der Waals surface area contributed by atoms with Crippen LogP contribution in [0, 0.1) is 0 Å². The van der Waals surface area contributed by atoms with Crippen molar-refractivity contribution >= 4 is 40.3 Å². The van der Waals surface area contributed by atoms with Gasteiger partial charge in [-0.05, 0) is 35.8 Å². The summed E-state index contributed by atoms with van der Waals surface area (Å²) in [6.07, 6.45) is 2.55. The van der Waals surface area contributed by atoms with Crippen LogP contribution in [0.5, 0.6) is 17.2 Å². The standard InChI is InChI=1S/C21H21NO4S2/c1-24-16-11-15(12-17(25-2)19(16)26-3)13-18-20(23)22(21(27)28-18)10-9-14-7-5-4-6-8-14/h4-8,11-13H,9-10H2,1-3H3/b18-13+. The molecule has 2 aromatic rings. The van der Waals surface area contributed by atoms with Gasteiger partial charge in [0.25, 0.3) is 5.91 Å². The number of hydrogen-bond donors (Lipinski definition) is 0. The van der Waals surface area contributed by atoms with Crippen LogP contribution in [0.25, 0.3) is 6.08 Å². The van der Waals surface area contributed by atoms with Crippen molar-refractivity contribution in [2.24, 2.45) is 0 Å². The number of thioether (sulfide) groups is 1. The summed E-state index contributed by atoms with van der Waals surface area (Å²) in [5.74, 6) is 1.50. The van der Waals surface area contributed by atoms with E-state index in [2.05, 4.69) is 0 Å². The number of carbonyl (C=O) groups excluding carboxylic acids is 1. The quantitative estimate of drug-likeness (QED) is 0.500. The van der Waals surface area contributed by atoms with Crippen LogP contribution in [0.4, 0.5) is 0 Å². The van der Waals surface area contributed by atoms with Crippen molar-refractivity contribution < 1.29 is 19.0 Å². The van der Waals surface area contributed by atoms with Gasteiger partial charge in [0.15, 0.2) is 11.5 Å². The van der Waals surface area contributed by atoms with E-state index in [1.54, 1.807) is 44.4 Å². The highest BCUT2D eigenvalue weighted by atomic mass is 32.2. The molecule has 0 N–H and O–H groups in total. The van der Waals surface area contributed by atoms with Crippen LogP contribution >= 0.6 is 24.0 Å². The number of ether oxygens (including phenoxy) is 3. The van der Waals surface area contributed by atoms with Gasteiger partial charge in [-0.1, -0.05) is 54.3 Å². The molecule has 1 aliphatic heterocycles. The van der Waals surface area contributed by atoms with Crippen LogP contribution in [0.15, 0.2) is 47.4 Å². The van der Waals surface area contributed by atoms with Crippen molar-refractivity contribution in [1.82, 2.24) is 4.90 Å². The summed E-state index contributed by atoms with van der Waals surface area (Å²) < 4.78 is 16.7. The number of thiocarbonyl (C=S) groups is 1. The first kappa shape index (κ1) is 20.2. The van der Waals surface area contributed by atoms with Crippen LogP contribution in [0.2, 0.25) is 0 Å². The Morgan fingerprint density at radius 1 is 1.04 bits per heavy atom. The molecule has 0 bridgehead atoms. The summed E-state index contributed by atoms with van der Waals surface area (Å²) in [6, 6.07) is 13.7. The molecule has 0 aliphatic carbocycles. The number of carbonyl (C=O) groups is 1. The topological polar surface area (TPSA) is 48.0 Å². The van der Waals surface area contributed by atoms with Crippen molar-refractivity contribution in [3.63, 3.8) is 0 Å². The number of benzene rings is 2. The van der Waals surface area contributed by atoms with Crippen molar-refractivity contribution in [2.75, 3.05) is 27.9 Å². The van der Waals surface area contributed by atoms with E-state index in [0.717, 1.165) is 12.0 Å². The molecule has 146 valence electrons. The maximum absolute atomic E-state index is 12.8. The predicted molar refractivity (Wildman–Crippen MR) is 116 cm³/mol. The molecular formula is C21H21NO4S2. The molecule has 3 rings (SSSR count). The first-order valence-corrected chi connectivity index (χ1v) is 9.89. The normalized spacial score (nSPS) is 15.2. The molecule has 0 spiro atoms. The van der Waals surface area contributed by atoms with Crippen LogP contribution in [0.1, 0.15) is 11.1 Å². The van der Waals surface area contributed by atoms with E-state index in [-0.39, 0.29) is 5.91 Å². The molecule has 1 aliphatic rings. The third kappa shape index (κ3) is 4.31. The highest BCUT2D eigenvalue weighted by Gasteiger charge is 2.31. The summed E-state index contributed by atoms with van der Waals surface area (Å²) in [5.41, 5.74) is 1.95. The van der Waals surface area contributed by atoms with E-state index < -0.39 is 0 Å². The summed E-state index contributed by atoms with van der Waals surface area (Å²) in [6.45, 7) is 0.557. The maximum atomic E-state index is 12.8. The monoisotopic (exact) mass is 415 g/mol. The molecule has 0 aromatic heterocycles. The molecule has 1 heterocycles. The Morgan fingerprint density at radius 3 is 2.25 bits per heavy atom. The van der Waals surface area contributed by atoms with Gasteiger partial charge in [-0.15, -0.1) is 0 Å². The Bertz CT molecular complexity index is 887. The predicted octanol–water partition coefficient (Wildman–Crippen LogP) is 4.16. The summed E-state index contributed by atoms with van der Waals surface area (Å²) in [5, 5.41) is 0. The van der Waals surface area contributed by atoms with Gasteiger partial charge in [-0.2, -0.15) is 0 Å². The SMILES string of the molecule is COc1cc(/C=C2/SC(=S)N(CCc3ccccc3)C2=O)cc(OC)c1OC. The lowest BCUT2D eigenvalue weighted by atomic mass is 10.1. The Kier molecular flexibility index (Phi) is 6.59. The zero-order valence-electron chi connectivity index (χ0n) is 15.9. The van der Waals surface area contributed by atoms with Crippen LogP contribution in [-0.2, 0) is 11.2 Å². The molecule has 1 saturated heterocycles. The van der Waals surface area contributed by atoms with E-state index in [4.69, 9.17) is 26.4 Å².